The first kappa shape index (κ1) is 22.9. The van der Waals surface area contributed by atoms with Crippen LogP contribution >= 0.6 is 0 Å². The highest BCUT2D eigenvalue weighted by molar-refractivity contribution is 5.27. The molecule has 4 aliphatic carbocycles. The minimum atomic E-state index is -0.0404. The van der Waals surface area contributed by atoms with Crippen LogP contribution in [-0.2, 0) is 0 Å². The van der Waals surface area contributed by atoms with Crippen LogP contribution in [-0.4, -0.2) is 11.2 Å². The molecule has 0 aromatic heterocycles. The zero-order chi connectivity index (χ0) is 21.7. The standard InChI is InChI=1S/C29H50O/c1-7-21(19(2)3)9-8-20(4)25-12-13-26-24-11-10-22-18-23(30)14-16-28(22,5)27(24)15-17-29(25,26)6/h11,19-23,25-27,30H,7-10,12-18H2,1-6H3/t20-,21-,22-,23-,25+,26-,27-,28-,29+/m0/s1. The van der Waals surface area contributed by atoms with Gasteiger partial charge in [-0.2, -0.15) is 0 Å². The number of fused-ring (bicyclic) bond motifs is 5. The maximum absolute atomic E-state index is 10.3. The molecule has 0 saturated heterocycles. The molecule has 4 aliphatic rings. The summed E-state index contributed by atoms with van der Waals surface area (Å²) in [5.41, 5.74) is 2.88. The molecule has 0 radical (unpaired) electrons. The molecule has 0 heterocycles. The second kappa shape index (κ2) is 8.57. The van der Waals surface area contributed by atoms with Crippen molar-refractivity contribution in [3.05, 3.63) is 11.6 Å². The van der Waals surface area contributed by atoms with Gasteiger partial charge in [0.15, 0.2) is 0 Å². The molecule has 30 heavy (non-hydrogen) atoms. The second-order valence-electron chi connectivity index (χ2n) is 12.9. The summed E-state index contributed by atoms with van der Waals surface area (Å²) in [6, 6.07) is 0. The van der Waals surface area contributed by atoms with Crippen molar-refractivity contribution < 1.29 is 5.11 Å². The third-order valence-corrected chi connectivity index (χ3v) is 11.3. The van der Waals surface area contributed by atoms with Crippen LogP contribution in [0, 0.1) is 52.3 Å². The zero-order valence-electron chi connectivity index (χ0n) is 20.9. The summed E-state index contributed by atoms with van der Waals surface area (Å²) >= 11 is 0. The molecular weight excluding hydrogens is 364 g/mol. The molecule has 4 rings (SSSR count). The van der Waals surface area contributed by atoms with Gasteiger partial charge in [-0.15, -0.1) is 0 Å². The molecule has 3 saturated carbocycles. The number of aliphatic hydroxyl groups is 1. The number of allylic oxidation sites excluding steroid dienone is 2. The van der Waals surface area contributed by atoms with Crippen molar-refractivity contribution in [2.75, 3.05) is 0 Å². The van der Waals surface area contributed by atoms with Gasteiger partial charge in [0.1, 0.15) is 0 Å². The summed E-state index contributed by atoms with van der Waals surface area (Å²) in [7, 11) is 0. The maximum Gasteiger partial charge on any atom is 0.0543 e. The van der Waals surface area contributed by atoms with Crippen molar-refractivity contribution in [2.24, 2.45) is 52.3 Å². The Kier molecular flexibility index (Phi) is 6.53. The Labute approximate surface area is 187 Å². The molecular formula is C29H50O. The summed E-state index contributed by atoms with van der Waals surface area (Å²) in [6.07, 6.45) is 17.2. The summed E-state index contributed by atoms with van der Waals surface area (Å²) in [5.74, 6) is 5.92. The van der Waals surface area contributed by atoms with Gasteiger partial charge in [0.2, 0.25) is 0 Å². The Morgan fingerprint density at radius 3 is 2.37 bits per heavy atom. The first-order valence-electron chi connectivity index (χ1n) is 13.6. The predicted molar refractivity (Wildman–Crippen MR) is 128 cm³/mol. The SMILES string of the molecule is CC[C@@H](CC[C@H](C)[C@H]1CC[C@H]2C3=CC[C@H]4C[C@@H](O)CC[C@]4(C)[C@H]3CC[C@]12C)C(C)C. The van der Waals surface area contributed by atoms with Gasteiger partial charge in [0.25, 0.3) is 0 Å². The summed E-state index contributed by atoms with van der Waals surface area (Å²) < 4.78 is 0. The minimum Gasteiger partial charge on any atom is -0.393 e. The third-order valence-electron chi connectivity index (χ3n) is 11.3. The number of hydrogen-bond donors (Lipinski definition) is 1. The average molecular weight is 415 g/mol. The first-order chi connectivity index (χ1) is 14.2. The predicted octanol–water partition coefficient (Wildman–Crippen LogP) is 8.02. The highest BCUT2D eigenvalue weighted by Gasteiger charge is 2.58. The molecule has 0 aromatic carbocycles. The highest BCUT2D eigenvalue weighted by atomic mass is 16.3. The Balaban J connectivity index is 1.48. The van der Waals surface area contributed by atoms with E-state index in [9.17, 15) is 5.11 Å². The molecule has 1 nitrogen and oxygen atoms in total. The molecule has 3 fully saturated rings. The normalized spacial score (nSPS) is 45.3. The van der Waals surface area contributed by atoms with Gasteiger partial charge in [-0.25, -0.2) is 0 Å². The first-order valence-corrected chi connectivity index (χ1v) is 13.6. The summed E-state index contributed by atoms with van der Waals surface area (Å²) in [5, 5.41) is 10.3. The van der Waals surface area contributed by atoms with Crippen LogP contribution in [0.15, 0.2) is 11.6 Å². The van der Waals surface area contributed by atoms with Gasteiger partial charge < -0.3 is 5.11 Å². The fraction of sp³-hybridized carbons (Fsp3) is 0.931. The Hall–Kier alpha value is -0.300. The van der Waals surface area contributed by atoms with Gasteiger partial charge >= 0.3 is 0 Å². The van der Waals surface area contributed by atoms with Gasteiger partial charge in [-0.05, 0) is 110 Å². The zero-order valence-corrected chi connectivity index (χ0v) is 20.9. The minimum absolute atomic E-state index is 0.0404. The summed E-state index contributed by atoms with van der Waals surface area (Å²) in [4.78, 5) is 0. The Morgan fingerprint density at radius 1 is 0.967 bits per heavy atom. The number of rotatable bonds is 6. The van der Waals surface area contributed by atoms with Crippen molar-refractivity contribution in [3.63, 3.8) is 0 Å². The third kappa shape index (κ3) is 3.74. The van der Waals surface area contributed by atoms with E-state index in [0.29, 0.717) is 10.8 Å². The van der Waals surface area contributed by atoms with Crippen LogP contribution in [0.1, 0.15) is 112 Å². The Bertz CT molecular complexity index is 634. The van der Waals surface area contributed by atoms with E-state index in [2.05, 4.69) is 47.6 Å². The lowest BCUT2D eigenvalue weighted by Gasteiger charge is -2.57. The topological polar surface area (TPSA) is 20.2 Å². The van der Waals surface area contributed by atoms with Crippen LogP contribution < -0.4 is 0 Å². The molecule has 0 spiro atoms. The molecule has 1 heteroatoms. The van der Waals surface area contributed by atoms with Gasteiger partial charge in [0, 0.05) is 0 Å². The van der Waals surface area contributed by atoms with E-state index in [1.807, 2.05) is 5.57 Å². The van der Waals surface area contributed by atoms with Crippen LogP contribution in [0.4, 0.5) is 0 Å². The lowest BCUT2D eigenvalue weighted by atomic mass is 9.47. The van der Waals surface area contributed by atoms with Crippen molar-refractivity contribution in [1.82, 2.24) is 0 Å². The van der Waals surface area contributed by atoms with Crippen molar-refractivity contribution in [2.45, 2.75) is 118 Å². The van der Waals surface area contributed by atoms with E-state index in [1.165, 1.54) is 57.8 Å². The lowest BCUT2D eigenvalue weighted by molar-refractivity contribution is -0.0428. The summed E-state index contributed by atoms with van der Waals surface area (Å²) in [6.45, 7) is 15.1. The Morgan fingerprint density at radius 2 is 1.67 bits per heavy atom. The van der Waals surface area contributed by atoms with E-state index in [1.54, 1.807) is 0 Å². The quantitative estimate of drug-likeness (QED) is 0.436. The second-order valence-corrected chi connectivity index (χ2v) is 12.9. The van der Waals surface area contributed by atoms with Gasteiger partial charge in [-0.1, -0.05) is 66.0 Å². The number of aliphatic hydroxyl groups excluding tert-OH is 1. The lowest BCUT2D eigenvalue weighted by Crippen LogP contribution is -2.49. The molecule has 0 unspecified atom stereocenters. The maximum atomic E-state index is 10.3. The van der Waals surface area contributed by atoms with Crippen LogP contribution in [0.3, 0.4) is 0 Å². The van der Waals surface area contributed by atoms with E-state index in [4.69, 9.17) is 0 Å². The molecule has 172 valence electrons. The van der Waals surface area contributed by atoms with E-state index in [0.717, 1.165) is 54.3 Å². The van der Waals surface area contributed by atoms with Gasteiger partial charge in [0.05, 0.1) is 6.10 Å². The molecule has 0 bridgehead atoms. The van der Waals surface area contributed by atoms with Gasteiger partial charge in [-0.3, -0.25) is 0 Å². The van der Waals surface area contributed by atoms with Crippen molar-refractivity contribution in [3.8, 4) is 0 Å². The fourth-order valence-corrected chi connectivity index (χ4v) is 9.15. The molecule has 9 atom stereocenters. The largest absolute Gasteiger partial charge is 0.393 e. The van der Waals surface area contributed by atoms with Crippen LogP contribution in [0.5, 0.6) is 0 Å². The molecule has 0 amide bonds. The average Bonchev–Trinajstić information content (AvgIpc) is 3.06. The fourth-order valence-electron chi connectivity index (χ4n) is 9.15. The van der Waals surface area contributed by atoms with Crippen molar-refractivity contribution in [1.29, 1.82) is 0 Å². The molecule has 1 N–H and O–H groups in total. The van der Waals surface area contributed by atoms with Crippen LogP contribution in [0.25, 0.3) is 0 Å². The van der Waals surface area contributed by atoms with E-state index < -0.39 is 0 Å². The van der Waals surface area contributed by atoms with E-state index >= 15 is 0 Å². The smallest absolute Gasteiger partial charge is 0.0543 e. The molecule has 0 aliphatic heterocycles. The van der Waals surface area contributed by atoms with Crippen molar-refractivity contribution >= 4 is 0 Å². The monoisotopic (exact) mass is 414 g/mol. The highest BCUT2D eigenvalue weighted by Crippen LogP contribution is 2.67. The van der Waals surface area contributed by atoms with Crippen LogP contribution in [0.2, 0.25) is 0 Å². The molecule has 0 aromatic rings. The van der Waals surface area contributed by atoms with E-state index in [-0.39, 0.29) is 6.10 Å². The number of hydrogen-bond acceptors (Lipinski definition) is 1.